The molecule has 0 unspecified atom stereocenters. The van der Waals surface area contributed by atoms with Gasteiger partial charge in [0.1, 0.15) is 11.5 Å². The molecule has 0 aliphatic carbocycles. The van der Waals surface area contributed by atoms with Crippen molar-refractivity contribution in [2.75, 3.05) is 53.9 Å². The highest BCUT2D eigenvalue weighted by Crippen LogP contribution is 2.34. The van der Waals surface area contributed by atoms with E-state index in [1.165, 1.54) is 5.56 Å². The number of phenols is 1. The van der Waals surface area contributed by atoms with Crippen LogP contribution in [0, 0.1) is 0 Å². The van der Waals surface area contributed by atoms with Gasteiger partial charge in [-0.25, -0.2) is 0 Å². The van der Waals surface area contributed by atoms with Crippen LogP contribution in [-0.4, -0.2) is 74.5 Å². The Kier molecular flexibility index (Phi) is 8.29. The highest BCUT2D eigenvalue weighted by atomic mass is 16.5. The van der Waals surface area contributed by atoms with Gasteiger partial charge in [0.15, 0.2) is 0 Å². The van der Waals surface area contributed by atoms with E-state index < -0.39 is 0 Å². The number of para-hydroxylation sites is 2. The number of methoxy groups -OCH3 is 1. The first-order valence-electron chi connectivity index (χ1n) is 10.9. The van der Waals surface area contributed by atoms with Crippen LogP contribution in [0.25, 0.3) is 0 Å². The Morgan fingerprint density at radius 1 is 1.10 bits per heavy atom. The molecule has 0 amide bonds. The van der Waals surface area contributed by atoms with Crippen molar-refractivity contribution in [1.29, 1.82) is 0 Å². The average molecular weight is 410 g/mol. The minimum Gasteiger partial charge on any atom is -0.507 e. The SMILES string of the molecule is COc1ccccc1C1CCN(CC/C(=N\CCN(C)C)c2ccccc2O)CC1. The fourth-order valence-corrected chi connectivity index (χ4v) is 4.14. The van der Waals surface area contributed by atoms with Crippen molar-refractivity contribution >= 4 is 5.71 Å². The molecule has 0 saturated carbocycles. The number of phenolic OH excluding ortho intramolecular Hbond substituents is 1. The van der Waals surface area contributed by atoms with Crippen LogP contribution >= 0.6 is 0 Å². The van der Waals surface area contributed by atoms with Crippen molar-refractivity contribution in [1.82, 2.24) is 9.80 Å². The molecule has 0 bridgehead atoms. The van der Waals surface area contributed by atoms with Crippen LogP contribution in [0.1, 0.15) is 36.3 Å². The molecule has 1 heterocycles. The van der Waals surface area contributed by atoms with E-state index in [4.69, 9.17) is 9.73 Å². The molecule has 1 saturated heterocycles. The van der Waals surface area contributed by atoms with Gasteiger partial charge in [0.05, 0.1) is 13.7 Å². The van der Waals surface area contributed by atoms with Gasteiger partial charge in [-0.2, -0.15) is 0 Å². The zero-order valence-corrected chi connectivity index (χ0v) is 18.6. The van der Waals surface area contributed by atoms with Gasteiger partial charge in [0.25, 0.3) is 0 Å². The van der Waals surface area contributed by atoms with Crippen molar-refractivity contribution in [2.45, 2.75) is 25.2 Å². The lowest BCUT2D eigenvalue weighted by atomic mass is 9.88. The fraction of sp³-hybridized carbons (Fsp3) is 0.480. The number of likely N-dealkylation sites (tertiary alicyclic amines) is 1. The lowest BCUT2D eigenvalue weighted by Crippen LogP contribution is -2.34. The van der Waals surface area contributed by atoms with Crippen LogP contribution in [-0.2, 0) is 0 Å². The van der Waals surface area contributed by atoms with E-state index in [2.05, 4.69) is 42.1 Å². The van der Waals surface area contributed by atoms with E-state index >= 15 is 0 Å². The maximum atomic E-state index is 10.3. The molecule has 2 aromatic rings. The third-order valence-corrected chi connectivity index (χ3v) is 5.90. The second kappa shape index (κ2) is 11.1. The molecule has 0 aromatic heterocycles. The maximum Gasteiger partial charge on any atom is 0.124 e. The highest BCUT2D eigenvalue weighted by Gasteiger charge is 2.23. The molecule has 2 aromatic carbocycles. The van der Waals surface area contributed by atoms with Crippen LogP contribution < -0.4 is 4.74 Å². The first-order chi connectivity index (χ1) is 14.6. The maximum absolute atomic E-state index is 10.3. The summed E-state index contributed by atoms with van der Waals surface area (Å²) in [6.07, 6.45) is 3.14. The number of likely N-dealkylation sites (N-methyl/N-ethyl adjacent to an activating group) is 1. The molecule has 0 atom stereocenters. The number of aromatic hydroxyl groups is 1. The Hall–Kier alpha value is -2.37. The van der Waals surface area contributed by atoms with E-state index in [1.54, 1.807) is 13.2 Å². The number of rotatable bonds is 9. The molecule has 1 N–H and O–H groups in total. The van der Waals surface area contributed by atoms with Crippen LogP contribution in [0.5, 0.6) is 11.5 Å². The van der Waals surface area contributed by atoms with Gasteiger partial charge in [-0.15, -0.1) is 0 Å². The lowest BCUT2D eigenvalue weighted by Gasteiger charge is -2.32. The molecule has 0 radical (unpaired) electrons. The summed E-state index contributed by atoms with van der Waals surface area (Å²) >= 11 is 0. The Morgan fingerprint density at radius 2 is 1.80 bits per heavy atom. The summed E-state index contributed by atoms with van der Waals surface area (Å²) in [6.45, 7) is 4.77. The average Bonchev–Trinajstić information content (AvgIpc) is 2.77. The molecular formula is C25H35N3O2. The number of hydrogen-bond acceptors (Lipinski definition) is 5. The standard InChI is InChI=1S/C25H35N3O2/c1-27(2)19-15-26-23(22-9-4-6-10-24(22)29)14-18-28-16-12-20(13-17-28)21-8-5-7-11-25(21)30-3/h4-11,20,29H,12-19H2,1-3H3/b26-23+. The Labute approximate surface area is 181 Å². The number of hydrogen-bond donors (Lipinski definition) is 1. The summed E-state index contributed by atoms with van der Waals surface area (Å²) in [7, 11) is 5.87. The van der Waals surface area contributed by atoms with E-state index in [9.17, 15) is 5.11 Å². The largest absolute Gasteiger partial charge is 0.507 e. The summed E-state index contributed by atoms with van der Waals surface area (Å²) in [4.78, 5) is 9.49. The Balaban J connectivity index is 1.59. The summed E-state index contributed by atoms with van der Waals surface area (Å²) in [5.41, 5.74) is 3.20. The molecule has 1 aliphatic rings. The predicted octanol–water partition coefficient (Wildman–Crippen LogP) is 4.02. The van der Waals surface area contributed by atoms with Crippen LogP contribution in [0.3, 0.4) is 0 Å². The Morgan fingerprint density at radius 3 is 2.50 bits per heavy atom. The van der Waals surface area contributed by atoms with Crippen LogP contribution in [0.15, 0.2) is 53.5 Å². The lowest BCUT2D eigenvalue weighted by molar-refractivity contribution is 0.216. The monoisotopic (exact) mass is 409 g/mol. The molecule has 5 heteroatoms. The second-order valence-electron chi connectivity index (χ2n) is 8.26. The van der Waals surface area contributed by atoms with Crippen LogP contribution in [0.2, 0.25) is 0 Å². The topological polar surface area (TPSA) is 48.3 Å². The number of aliphatic imine (C=N–C) groups is 1. The van der Waals surface area contributed by atoms with Crippen molar-refractivity contribution in [2.24, 2.45) is 4.99 Å². The zero-order chi connectivity index (χ0) is 21.3. The van der Waals surface area contributed by atoms with Gasteiger partial charge in [0, 0.05) is 30.8 Å². The van der Waals surface area contributed by atoms with Crippen molar-refractivity contribution in [3.63, 3.8) is 0 Å². The summed E-state index contributed by atoms with van der Waals surface area (Å²) in [6, 6.07) is 15.9. The van der Waals surface area contributed by atoms with Gasteiger partial charge < -0.3 is 19.6 Å². The molecular weight excluding hydrogens is 374 g/mol. The molecule has 3 rings (SSSR count). The molecule has 1 aliphatic heterocycles. The normalized spacial score (nSPS) is 16.2. The van der Waals surface area contributed by atoms with E-state index in [1.807, 2.05) is 24.3 Å². The fourth-order valence-electron chi connectivity index (χ4n) is 4.14. The number of ether oxygens (including phenoxy) is 1. The first kappa shape index (κ1) is 22.3. The van der Waals surface area contributed by atoms with Crippen molar-refractivity contribution < 1.29 is 9.84 Å². The van der Waals surface area contributed by atoms with Gasteiger partial charge in [0.2, 0.25) is 0 Å². The van der Waals surface area contributed by atoms with Gasteiger partial charge in [-0.05, 0) is 69.7 Å². The van der Waals surface area contributed by atoms with Gasteiger partial charge in [-0.3, -0.25) is 4.99 Å². The number of nitrogens with zero attached hydrogens (tertiary/aromatic N) is 3. The van der Waals surface area contributed by atoms with Crippen molar-refractivity contribution in [3.8, 4) is 11.5 Å². The second-order valence-corrected chi connectivity index (χ2v) is 8.26. The van der Waals surface area contributed by atoms with Crippen molar-refractivity contribution in [3.05, 3.63) is 59.7 Å². The molecule has 162 valence electrons. The van der Waals surface area contributed by atoms with E-state index in [0.29, 0.717) is 11.7 Å². The minimum atomic E-state index is 0.316. The predicted molar refractivity (Wildman–Crippen MR) is 124 cm³/mol. The zero-order valence-electron chi connectivity index (χ0n) is 18.6. The Bertz CT molecular complexity index is 827. The minimum absolute atomic E-state index is 0.316. The molecule has 0 spiro atoms. The highest BCUT2D eigenvalue weighted by molar-refractivity contribution is 6.02. The van der Waals surface area contributed by atoms with Gasteiger partial charge >= 0.3 is 0 Å². The van der Waals surface area contributed by atoms with E-state index in [0.717, 1.165) is 69.0 Å². The summed E-state index contributed by atoms with van der Waals surface area (Å²) in [5, 5.41) is 10.3. The van der Waals surface area contributed by atoms with E-state index in [-0.39, 0.29) is 0 Å². The third-order valence-electron chi connectivity index (χ3n) is 5.90. The smallest absolute Gasteiger partial charge is 0.124 e. The molecule has 1 fully saturated rings. The summed E-state index contributed by atoms with van der Waals surface area (Å²) in [5.74, 6) is 1.88. The number of benzene rings is 2. The first-order valence-corrected chi connectivity index (χ1v) is 10.9. The number of piperidine rings is 1. The molecule has 5 nitrogen and oxygen atoms in total. The quantitative estimate of drug-likeness (QED) is 0.636. The molecule has 30 heavy (non-hydrogen) atoms. The summed E-state index contributed by atoms with van der Waals surface area (Å²) < 4.78 is 5.56. The van der Waals surface area contributed by atoms with Crippen LogP contribution in [0.4, 0.5) is 0 Å². The third kappa shape index (κ3) is 6.07. The van der Waals surface area contributed by atoms with Gasteiger partial charge in [-0.1, -0.05) is 30.3 Å².